The third-order valence-electron chi connectivity index (χ3n) is 2.38. The lowest BCUT2D eigenvalue weighted by Gasteiger charge is -2.09. The van der Waals surface area contributed by atoms with Gasteiger partial charge in [-0.2, -0.15) is 0 Å². The summed E-state index contributed by atoms with van der Waals surface area (Å²) in [6.07, 6.45) is 5.94. The van der Waals surface area contributed by atoms with E-state index >= 15 is 0 Å². The van der Waals surface area contributed by atoms with Crippen LogP contribution < -0.4 is 0 Å². The maximum absolute atomic E-state index is 11.8. The first-order valence-corrected chi connectivity index (χ1v) is 5.48. The minimum Gasteiger partial charge on any atom is -0.505 e. The highest BCUT2D eigenvalue weighted by Gasteiger charge is 2.19. The van der Waals surface area contributed by atoms with E-state index in [2.05, 4.69) is 9.97 Å². The Morgan fingerprint density at radius 3 is 2.83 bits per heavy atom. The van der Waals surface area contributed by atoms with Crippen LogP contribution in [0, 0.1) is 0 Å². The molecule has 0 aromatic carbocycles. The van der Waals surface area contributed by atoms with Crippen molar-refractivity contribution in [2.24, 2.45) is 0 Å². The van der Waals surface area contributed by atoms with E-state index in [9.17, 15) is 9.90 Å². The monoisotopic (exact) mass is 244 g/mol. The van der Waals surface area contributed by atoms with Gasteiger partial charge in [0.05, 0.1) is 12.8 Å². The molecule has 92 valence electrons. The van der Waals surface area contributed by atoms with Crippen molar-refractivity contribution >= 4 is 5.97 Å². The second-order valence-corrected chi connectivity index (χ2v) is 3.54. The maximum atomic E-state index is 11.8. The maximum Gasteiger partial charge on any atom is 0.342 e. The zero-order chi connectivity index (χ0) is 13.0. The van der Waals surface area contributed by atoms with E-state index in [4.69, 9.17) is 4.74 Å². The molecule has 2 heterocycles. The van der Waals surface area contributed by atoms with E-state index in [0.717, 1.165) is 0 Å². The number of carbonyl (C=O) groups excluding carboxylic acids is 1. The normalized spacial score (nSPS) is 10.1. The van der Waals surface area contributed by atoms with Crippen LogP contribution in [0.25, 0.3) is 11.1 Å². The number of ether oxygens (including phenoxy) is 1. The predicted octanol–water partition coefficient (Wildman–Crippen LogP) is 2.03. The Morgan fingerprint density at radius 2 is 2.17 bits per heavy atom. The van der Waals surface area contributed by atoms with Gasteiger partial charge in [-0.25, -0.2) is 4.79 Å². The molecular weight excluding hydrogens is 232 g/mol. The number of pyridine rings is 2. The van der Waals surface area contributed by atoms with Gasteiger partial charge in [-0.15, -0.1) is 0 Å². The van der Waals surface area contributed by atoms with Crippen molar-refractivity contribution in [2.75, 3.05) is 6.61 Å². The average Bonchev–Trinajstić information content (AvgIpc) is 2.39. The van der Waals surface area contributed by atoms with Gasteiger partial charge in [0.1, 0.15) is 11.3 Å². The lowest BCUT2D eigenvalue weighted by atomic mass is 10.0. The molecule has 18 heavy (non-hydrogen) atoms. The van der Waals surface area contributed by atoms with Gasteiger partial charge in [0.15, 0.2) is 0 Å². The van der Waals surface area contributed by atoms with Crippen LogP contribution in [0.4, 0.5) is 0 Å². The first-order valence-electron chi connectivity index (χ1n) is 5.48. The van der Waals surface area contributed by atoms with Crippen LogP contribution in [0.15, 0.2) is 36.9 Å². The number of carbonyl (C=O) groups is 1. The highest BCUT2D eigenvalue weighted by Crippen LogP contribution is 2.28. The Balaban J connectivity index is 2.55. The summed E-state index contributed by atoms with van der Waals surface area (Å²) < 4.78 is 4.92. The summed E-state index contributed by atoms with van der Waals surface area (Å²) in [4.78, 5) is 19.7. The number of aromatic nitrogens is 2. The van der Waals surface area contributed by atoms with Crippen LogP contribution in [0.1, 0.15) is 17.3 Å². The molecule has 0 spiro atoms. The lowest BCUT2D eigenvalue weighted by Crippen LogP contribution is -2.07. The van der Waals surface area contributed by atoms with Crippen molar-refractivity contribution < 1.29 is 14.6 Å². The predicted molar refractivity (Wildman–Crippen MR) is 65.1 cm³/mol. The summed E-state index contributed by atoms with van der Waals surface area (Å²) in [6.45, 7) is 1.95. The average molecular weight is 244 g/mol. The quantitative estimate of drug-likeness (QED) is 0.836. The van der Waals surface area contributed by atoms with Gasteiger partial charge in [-0.3, -0.25) is 9.97 Å². The van der Waals surface area contributed by atoms with Gasteiger partial charge in [0.25, 0.3) is 0 Å². The van der Waals surface area contributed by atoms with E-state index in [1.807, 2.05) is 0 Å². The van der Waals surface area contributed by atoms with Crippen LogP contribution >= 0.6 is 0 Å². The molecule has 5 heteroatoms. The Kier molecular flexibility index (Phi) is 3.52. The van der Waals surface area contributed by atoms with Crippen molar-refractivity contribution in [3.05, 3.63) is 42.5 Å². The third-order valence-corrected chi connectivity index (χ3v) is 2.38. The van der Waals surface area contributed by atoms with Gasteiger partial charge in [0.2, 0.25) is 0 Å². The van der Waals surface area contributed by atoms with Gasteiger partial charge in [0, 0.05) is 29.7 Å². The Morgan fingerprint density at radius 1 is 1.33 bits per heavy atom. The SMILES string of the molecule is CCOC(=O)c1c(O)cncc1-c1cccnc1. The topological polar surface area (TPSA) is 72.3 Å². The molecule has 2 rings (SSSR count). The number of aromatic hydroxyl groups is 1. The molecule has 0 saturated heterocycles. The molecule has 0 aliphatic heterocycles. The summed E-state index contributed by atoms with van der Waals surface area (Å²) in [6, 6.07) is 3.53. The summed E-state index contributed by atoms with van der Waals surface area (Å²) >= 11 is 0. The van der Waals surface area contributed by atoms with Crippen molar-refractivity contribution in [3.63, 3.8) is 0 Å². The number of esters is 1. The van der Waals surface area contributed by atoms with Crippen LogP contribution in [0.5, 0.6) is 5.75 Å². The zero-order valence-corrected chi connectivity index (χ0v) is 9.83. The molecule has 2 aromatic rings. The van der Waals surface area contributed by atoms with Gasteiger partial charge < -0.3 is 9.84 Å². The summed E-state index contributed by atoms with van der Waals surface area (Å²) in [5.41, 5.74) is 1.31. The number of rotatable bonds is 3. The summed E-state index contributed by atoms with van der Waals surface area (Å²) in [5.74, 6) is -0.772. The summed E-state index contributed by atoms with van der Waals surface area (Å²) in [5, 5.41) is 9.77. The molecule has 0 amide bonds. The van der Waals surface area contributed by atoms with Gasteiger partial charge in [-0.1, -0.05) is 6.07 Å². The fourth-order valence-corrected chi connectivity index (χ4v) is 1.61. The molecule has 0 fully saturated rings. The van der Waals surface area contributed by atoms with Crippen molar-refractivity contribution in [1.82, 2.24) is 9.97 Å². The second-order valence-electron chi connectivity index (χ2n) is 3.54. The highest BCUT2D eigenvalue weighted by atomic mass is 16.5. The molecule has 0 bridgehead atoms. The fourth-order valence-electron chi connectivity index (χ4n) is 1.61. The minimum absolute atomic E-state index is 0.111. The van der Waals surface area contributed by atoms with Crippen LogP contribution in [0.2, 0.25) is 0 Å². The van der Waals surface area contributed by atoms with Crippen molar-refractivity contribution in [2.45, 2.75) is 6.92 Å². The molecule has 0 atom stereocenters. The molecular formula is C13H12N2O3. The first kappa shape index (κ1) is 12.0. The molecule has 5 nitrogen and oxygen atoms in total. The summed E-state index contributed by atoms with van der Waals surface area (Å²) in [7, 11) is 0. The molecule has 1 N–H and O–H groups in total. The van der Waals surface area contributed by atoms with Gasteiger partial charge >= 0.3 is 5.97 Å². The van der Waals surface area contributed by atoms with E-state index in [-0.39, 0.29) is 17.9 Å². The second kappa shape index (κ2) is 5.27. The van der Waals surface area contributed by atoms with E-state index in [1.54, 1.807) is 31.5 Å². The van der Waals surface area contributed by atoms with E-state index in [0.29, 0.717) is 11.1 Å². The number of hydrogen-bond donors (Lipinski definition) is 1. The fraction of sp³-hybridized carbons (Fsp3) is 0.154. The Labute approximate surface area is 104 Å². The lowest BCUT2D eigenvalue weighted by molar-refractivity contribution is 0.0524. The Bertz CT molecular complexity index is 555. The number of nitrogens with zero attached hydrogens (tertiary/aromatic N) is 2. The largest absolute Gasteiger partial charge is 0.505 e. The smallest absolute Gasteiger partial charge is 0.342 e. The molecule has 2 aromatic heterocycles. The molecule has 0 radical (unpaired) electrons. The third kappa shape index (κ3) is 2.29. The Hall–Kier alpha value is -2.43. The van der Waals surface area contributed by atoms with Crippen LogP contribution in [-0.2, 0) is 4.74 Å². The van der Waals surface area contributed by atoms with Crippen LogP contribution in [-0.4, -0.2) is 27.7 Å². The standard InChI is InChI=1S/C13H12N2O3/c1-2-18-13(17)12-10(7-15-8-11(12)16)9-4-3-5-14-6-9/h3-8,16H,2H2,1H3. The minimum atomic E-state index is -0.573. The van der Waals surface area contributed by atoms with Gasteiger partial charge in [-0.05, 0) is 13.0 Å². The highest BCUT2D eigenvalue weighted by molar-refractivity contribution is 5.99. The van der Waals surface area contributed by atoms with E-state index < -0.39 is 5.97 Å². The molecule has 0 unspecified atom stereocenters. The molecule has 0 saturated carbocycles. The van der Waals surface area contributed by atoms with Crippen LogP contribution in [0.3, 0.4) is 0 Å². The molecule has 0 aliphatic rings. The number of hydrogen-bond acceptors (Lipinski definition) is 5. The zero-order valence-electron chi connectivity index (χ0n) is 9.83. The first-order chi connectivity index (χ1) is 8.74. The van der Waals surface area contributed by atoms with E-state index in [1.165, 1.54) is 12.4 Å². The van der Waals surface area contributed by atoms with Crippen molar-refractivity contribution in [3.8, 4) is 16.9 Å². The van der Waals surface area contributed by atoms with Crippen molar-refractivity contribution in [1.29, 1.82) is 0 Å². The molecule has 0 aliphatic carbocycles.